The monoisotopic (exact) mass is 370 g/mol. The third-order valence-electron chi connectivity index (χ3n) is 3.02. The summed E-state index contributed by atoms with van der Waals surface area (Å²) in [7, 11) is 0. The fraction of sp³-hybridized carbons (Fsp3) is 0.385. The van der Waals surface area contributed by atoms with Crippen LogP contribution < -0.4 is 5.32 Å². The number of benzene rings is 1. The van der Waals surface area contributed by atoms with Crippen LogP contribution in [0.2, 0.25) is 5.02 Å². The van der Waals surface area contributed by atoms with Gasteiger partial charge in [-0.2, -0.15) is 0 Å². The Hall–Kier alpha value is -2.20. The van der Waals surface area contributed by atoms with Crippen molar-refractivity contribution in [1.82, 2.24) is 20.2 Å². The number of amides is 1. The van der Waals surface area contributed by atoms with Gasteiger partial charge in [-0.1, -0.05) is 23.4 Å². The summed E-state index contributed by atoms with van der Waals surface area (Å²) in [5.41, 5.74) is 0.166. The molecule has 2 aromatic rings. The molecule has 0 spiro atoms. The van der Waals surface area contributed by atoms with Gasteiger partial charge in [0.1, 0.15) is 0 Å². The Labute approximate surface area is 146 Å². The van der Waals surface area contributed by atoms with Crippen LogP contribution in [0.25, 0.3) is 0 Å². The molecule has 1 atom stereocenters. The van der Waals surface area contributed by atoms with Crippen molar-refractivity contribution >= 4 is 40.6 Å². The normalized spacial score (nSPS) is 12.2. The van der Waals surface area contributed by atoms with Crippen LogP contribution >= 0.6 is 23.4 Å². The van der Waals surface area contributed by atoms with E-state index in [9.17, 15) is 14.9 Å². The van der Waals surface area contributed by atoms with Crippen molar-refractivity contribution in [2.24, 2.45) is 0 Å². The second-order valence-corrected chi connectivity index (χ2v) is 6.89. The molecule has 0 bridgehead atoms. The molecule has 24 heavy (non-hydrogen) atoms. The van der Waals surface area contributed by atoms with Crippen LogP contribution in [0, 0.1) is 10.1 Å². The van der Waals surface area contributed by atoms with Gasteiger partial charge >= 0.3 is 0 Å². The van der Waals surface area contributed by atoms with E-state index in [1.807, 2.05) is 13.8 Å². The summed E-state index contributed by atoms with van der Waals surface area (Å²) in [6.07, 6.45) is 0. The largest absolute Gasteiger partial charge is 0.324 e. The number of hydrogen-bond acceptors (Lipinski definition) is 7. The molecule has 11 heteroatoms. The van der Waals surface area contributed by atoms with Crippen molar-refractivity contribution in [3.8, 4) is 0 Å². The van der Waals surface area contributed by atoms with Crippen molar-refractivity contribution in [3.05, 3.63) is 33.3 Å². The highest BCUT2D eigenvalue weighted by atomic mass is 35.5. The first-order valence-electron chi connectivity index (χ1n) is 6.99. The van der Waals surface area contributed by atoms with Gasteiger partial charge in [-0.25, -0.2) is 4.68 Å². The molecule has 0 aliphatic carbocycles. The SMILES string of the molecule is CC(C)n1nnnc1S[C@@H](C)C(=O)Nc1ccc([N+](=O)[O-])cc1Cl. The molecule has 1 aromatic carbocycles. The van der Waals surface area contributed by atoms with Crippen molar-refractivity contribution < 1.29 is 9.72 Å². The smallest absolute Gasteiger partial charge is 0.271 e. The van der Waals surface area contributed by atoms with Gasteiger partial charge in [-0.05, 0) is 37.3 Å². The van der Waals surface area contributed by atoms with Crippen molar-refractivity contribution in [1.29, 1.82) is 0 Å². The predicted molar refractivity (Wildman–Crippen MR) is 90.3 cm³/mol. The van der Waals surface area contributed by atoms with E-state index in [4.69, 9.17) is 11.6 Å². The first-order chi connectivity index (χ1) is 11.3. The lowest BCUT2D eigenvalue weighted by Gasteiger charge is -2.13. The van der Waals surface area contributed by atoms with E-state index in [2.05, 4.69) is 20.8 Å². The molecule has 128 valence electrons. The molecule has 0 saturated heterocycles. The van der Waals surface area contributed by atoms with E-state index in [-0.39, 0.29) is 22.7 Å². The molecule has 0 unspecified atom stereocenters. The zero-order valence-electron chi connectivity index (χ0n) is 13.1. The molecule has 0 aliphatic rings. The molecular formula is C13H15ClN6O3S. The van der Waals surface area contributed by atoms with Gasteiger partial charge in [-0.15, -0.1) is 5.10 Å². The standard InChI is InChI=1S/C13H15ClN6O3S/c1-7(2)19-13(16-17-18-19)24-8(3)12(21)15-11-5-4-9(20(22)23)6-10(11)14/h4-8H,1-3H3,(H,15,21)/t8-/m0/s1. The maximum Gasteiger partial charge on any atom is 0.271 e. The van der Waals surface area contributed by atoms with E-state index >= 15 is 0 Å². The van der Waals surface area contributed by atoms with Gasteiger partial charge in [0, 0.05) is 12.1 Å². The summed E-state index contributed by atoms with van der Waals surface area (Å²) < 4.78 is 1.62. The lowest BCUT2D eigenvalue weighted by molar-refractivity contribution is -0.384. The summed E-state index contributed by atoms with van der Waals surface area (Å²) >= 11 is 7.18. The number of carbonyl (C=O) groups is 1. The Bertz CT molecular complexity index is 766. The van der Waals surface area contributed by atoms with Crippen LogP contribution in [0.1, 0.15) is 26.8 Å². The summed E-state index contributed by atoms with van der Waals surface area (Å²) in [4.78, 5) is 22.4. The van der Waals surface area contributed by atoms with Gasteiger partial charge in [0.25, 0.3) is 5.69 Å². The average molecular weight is 371 g/mol. The topological polar surface area (TPSA) is 116 Å². The molecule has 1 amide bonds. The maximum absolute atomic E-state index is 12.3. The predicted octanol–water partition coefficient (Wildman–Crippen LogP) is 2.93. The van der Waals surface area contributed by atoms with Gasteiger partial charge in [-0.3, -0.25) is 14.9 Å². The number of rotatable bonds is 6. The second kappa shape index (κ2) is 7.58. The van der Waals surface area contributed by atoms with Crippen LogP contribution in [-0.4, -0.2) is 36.3 Å². The molecule has 0 fully saturated rings. The average Bonchev–Trinajstić information content (AvgIpc) is 2.97. The highest BCUT2D eigenvalue weighted by Crippen LogP contribution is 2.28. The summed E-state index contributed by atoms with van der Waals surface area (Å²) in [5.74, 6) is -0.311. The zero-order valence-corrected chi connectivity index (χ0v) is 14.7. The molecule has 0 saturated carbocycles. The minimum atomic E-state index is -0.554. The van der Waals surface area contributed by atoms with Crippen molar-refractivity contribution in [3.63, 3.8) is 0 Å². The fourth-order valence-corrected chi connectivity index (χ4v) is 2.90. The number of anilines is 1. The van der Waals surface area contributed by atoms with E-state index in [0.717, 1.165) is 0 Å². The summed E-state index contributed by atoms with van der Waals surface area (Å²) in [6.45, 7) is 5.57. The molecular weight excluding hydrogens is 356 g/mol. The first-order valence-corrected chi connectivity index (χ1v) is 8.24. The number of non-ortho nitro benzene ring substituents is 1. The number of aromatic nitrogens is 4. The summed E-state index contributed by atoms with van der Waals surface area (Å²) in [6, 6.07) is 3.93. The van der Waals surface area contributed by atoms with Gasteiger partial charge in [0.2, 0.25) is 11.1 Å². The van der Waals surface area contributed by atoms with Crippen LogP contribution in [0.15, 0.2) is 23.4 Å². The Morgan fingerprint density at radius 3 is 2.71 bits per heavy atom. The summed E-state index contributed by atoms with van der Waals surface area (Å²) in [5, 5.41) is 24.9. The van der Waals surface area contributed by atoms with E-state index in [1.54, 1.807) is 11.6 Å². The highest BCUT2D eigenvalue weighted by molar-refractivity contribution is 8.00. The van der Waals surface area contributed by atoms with Gasteiger partial charge < -0.3 is 5.32 Å². The minimum absolute atomic E-state index is 0.0712. The number of carbonyl (C=O) groups excluding carboxylic acids is 1. The molecule has 1 N–H and O–H groups in total. The number of hydrogen-bond donors (Lipinski definition) is 1. The molecule has 1 heterocycles. The zero-order chi connectivity index (χ0) is 17.9. The van der Waals surface area contributed by atoms with Crippen LogP contribution in [-0.2, 0) is 4.79 Å². The highest BCUT2D eigenvalue weighted by Gasteiger charge is 2.21. The quantitative estimate of drug-likeness (QED) is 0.472. The molecule has 9 nitrogen and oxygen atoms in total. The Morgan fingerprint density at radius 1 is 1.42 bits per heavy atom. The van der Waals surface area contributed by atoms with Crippen LogP contribution in [0.4, 0.5) is 11.4 Å². The first kappa shape index (κ1) is 18.1. The number of nitrogens with one attached hydrogen (secondary N) is 1. The van der Waals surface area contributed by atoms with Gasteiger partial charge in [0.15, 0.2) is 0 Å². The number of halogens is 1. The van der Waals surface area contributed by atoms with E-state index in [1.165, 1.54) is 30.0 Å². The molecule has 1 aromatic heterocycles. The minimum Gasteiger partial charge on any atom is -0.324 e. The number of nitrogens with zero attached hydrogens (tertiary/aromatic N) is 5. The second-order valence-electron chi connectivity index (χ2n) is 5.17. The number of thioether (sulfide) groups is 1. The van der Waals surface area contributed by atoms with Crippen molar-refractivity contribution in [2.75, 3.05) is 5.32 Å². The van der Waals surface area contributed by atoms with Crippen LogP contribution in [0.5, 0.6) is 0 Å². The van der Waals surface area contributed by atoms with E-state index < -0.39 is 10.2 Å². The number of nitro groups is 1. The van der Waals surface area contributed by atoms with Gasteiger partial charge in [0.05, 0.1) is 26.9 Å². The Kier molecular flexibility index (Phi) is 5.73. The lowest BCUT2D eigenvalue weighted by atomic mass is 10.2. The molecule has 0 radical (unpaired) electrons. The fourth-order valence-electron chi connectivity index (χ4n) is 1.75. The third kappa shape index (κ3) is 4.20. The molecule has 0 aliphatic heterocycles. The maximum atomic E-state index is 12.3. The lowest BCUT2D eigenvalue weighted by Crippen LogP contribution is -2.23. The third-order valence-corrected chi connectivity index (χ3v) is 4.38. The Morgan fingerprint density at radius 2 is 2.12 bits per heavy atom. The van der Waals surface area contributed by atoms with E-state index in [0.29, 0.717) is 10.8 Å². The Balaban J connectivity index is 2.06. The van der Waals surface area contributed by atoms with Crippen molar-refractivity contribution in [2.45, 2.75) is 37.2 Å². The number of nitro benzene ring substituents is 1. The molecule has 2 rings (SSSR count). The number of tetrazole rings is 1. The van der Waals surface area contributed by atoms with Crippen LogP contribution in [0.3, 0.4) is 0 Å².